The Bertz CT molecular complexity index is 398. The highest BCUT2D eigenvalue weighted by atomic mass is 32.2. The van der Waals surface area contributed by atoms with Crippen molar-refractivity contribution in [3.05, 3.63) is 0 Å². The van der Waals surface area contributed by atoms with Crippen LogP contribution in [0.2, 0.25) is 0 Å². The SMILES string of the molecule is CCCCCCCCCCCCCCCCCCN(C)CCCS(=O)(=O)O. The normalized spacial score (nSPS) is 12.1. The fraction of sp³-hybridized carbons (Fsp3) is 1.00. The summed E-state index contributed by atoms with van der Waals surface area (Å²) in [5.41, 5.74) is 0. The van der Waals surface area contributed by atoms with Crippen LogP contribution in [0.15, 0.2) is 0 Å². The molecule has 0 aliphatic heterocycles. The van der Waals surface area contributed by atoms with Crippen molar-refractivity contribution < 1.29 is 13.0 Å². The first-order valence-electron chi connectivity index (χ1n) is 11.6. The van der Waals surface area contributed by atoms with Gasteiger partial charge in [-0.2, -0.15) is 8.42 Å². The summed E-state index contributed by atoms with van der Waals surface area (Å²) < 4.78 is 30.0. The fourth-order valence-electron chi connectivity index (χ4n) is 3.56. The number of nitrogens with zero attached hydrogens (tertiary/aromatic N) is 1. The first kappa shape index (κ1) is 26.9. The Morgan fingerprint density at radius 1 is 0.593 bits per heavy atom. The molecule has 0 saturated heterocycles. The van der Waals surface area contributed by atoms with Gasteiger partial charge in [0.2, 0.25) is 0 Å². The molecule has 164 valence electrons. The third-order valence-corrected chi connectivity index (χ3v) is 6.14. The van der Waals surface area contributed by atoms with Gasteiger partial charge in [-0.25, -0.2) is 0 Å². The van der Waals surface area contributed by atoms with Crippen molar-refractivity contribution in [3.8, 4) is 0 Å². The van der Waals surface area contributed by atoms with Crippen LogP contribution in [0.1, 0.15) is 116 Å². The van der Waals surface area contributed by atoms with Gasteiger partial charge < -0.3 is 4.90 Å². The summed E-state index contributed by atoms with van der Waals surface area (Å²) in [6.45, 7) is 4.03. The number of hydrogen-bond donors (Lipinski definition) is 1. The van der Waals surface area contributed by atoms with Crippen LogP contribution in [0, 0.1) is 0 Å². The molecule has 27 heavy (non-hydrogen) atoms. The van der Waals surface area contributed by atoms with Gasteiger partial charge in [-0.1, -0.05) is 103 Å². The molecule has 0 aromatic rings. The summed E-state index contributed by atoms with van der Waals surface area (Å²) in [6, 6.07) is 0. The molecule has 0 aliphatic rings. The quantitative estimate of drug-likeness (QED) is 0.176. The highest BCUT2D eigenvalue weighted by Gasteiger charge is 2.05. The maximum Gasteiger partial charge on any atom is 0.264 e. The third-order valence-electron chi connectivity index (χ3n) is 5.34. The Morgan fingerprint density at radius 3 is 1.30 bits per heavy atom. The summed E-state index contributed by atoms with van der Waals surface area (Å²) in [4.78, 5) is 2.16. The van der Waals surface area contributed by atoms with E-state index in [1.165, 1.54) is 103 Å². The predicted octanol–water partition coefficient (Wildman–Crippen LogP) is 6.46. The van der Waals surface area contributed by atoms with Gasteiger partial charge in [0.05, 0.1) is 5.75 Å². The topological polar surface area (TPSA) is 57.6 Å². The monoisotopic (exact) mass is 405 g/mol. The summed E-state index contributed by atoms with van der Waals surface area (Å²) in [5.74, 6) is -0.129. The van der Waals surface area contributed by atoms with Crippen molar-refractivity contribution in [1.29, 1.82) is 0 Å². The minimum Gasteiger partial charge on any atom is -0.306 e. The van der Waals surface area contributed by atoms with Crippen LogP contribution in [0.25, 0.3) is 0 Å². The van der Waals surface area contributed by atoms with E-state index < -0.39 is 10.1 Å². The lowest BCUT2D eigenvalue weighted by Gasteiger charge is -2.15. The molecule has 0 amide bonds. The summed E-state index contributed by atoms with van der Waals surface area (Å²) in [6.07, 6.45) is 22.6. The molecule has 0 aromatic carbocycles. The highest BCUT2D eigenvalue weighted by Crippen LogP contribution is 2.13. The van der Waals surface area contributed by atoms with Crippen LogP contribution in [-0.4, -0.2) is 43.8 Å². The summed E-state index contributed by atoms with van der Waals surface area (Å²) in [7, 11) is -1.78. The minimum atomic E-state index is -3.80. The molecule has 0 fully saturated rings. The molecule has 0 aliphatic carbocycles. The highest BCUT2D eigenvalue weighted by molar-refractivity contribution is 7.85. The van der Waals surface area contributed by atoms with Gasteiger partial charge in [0.25, 0.3) is 10.1 Å². The average Bonchev–Trinajstić information content (AvgIpc) is 2.60. The van der Waals surface area contributed by atoms with Crippen LogP contribution < -0.4 is 0 Å². The van der Waals surface area contributed by atoms with Gasteiger partial charge in [-0.15, -0.1) is 0 Å². The van der Waals surface area contributed by atoms with Gasteiger partial charge in [-0.3, -0.25) is 4.55 Å². The smallest absolute Gasteiger partial charge is 0.264 e. The van der Waals surface area contributed by atoms with Crippen LogP contribution in [0.5, 0.6) is 0 Å². The lowest BCUT2D eigenvalue weighted by Crippen LogP contribution is -2.22. The van der Waals surface area contributed by atoms with Crippen LogP contribution >= 0.6 is 0 Å². The maximum atomic E-state index is 10.7. The lowest BCUT2D eigenvalue weighted by atomic mass is 10.0. The van der Waals surface area contributed by atoms with Gasteiger partial charge in [0.1, 0.15) is 0 Å². The van der Waals surface area contributed by atoms with Crippen LogP contribution in [0.3, 0.4) is 0 Å². The lowest BCUT2D eigenvalue weighted by molar-refractivity contribution is 0.323. The number of unbranched alkanes of at least 4 members (excludes halogenated alkanes) is 15. The molecule has 0 bridgehead atoms. The molecule has 0 unspecified atom stereocenters. The van der Waals surface area contributed by atoms with Gasteiger partial charge >= 0.3 is 0 Å². The van der Waals surface area contributed by atoms with Crippen molar-refractivity contribution in [2.24, 2.45) is 0 Å². The minimum absolute atomic E-state index is 0.129. The van der Waals surface area contributed by atoms with E-state index in [-0.39, 0.29) is 5.75 Å². The van der Waals surface area contributed by atoms with E-state index in [0.717, 1.165) is 13.1 Å². The van der Waals surface area contributed by atoms with Crippen molar-refractivity contribution >= 4 is 10.1 Å². The van der Waals surface area contributed by atoms with Crippen LogP contribution in [0.4, 0.5) is 0 Å². The van der Waals surface area contributed by atoms with Crippen molar-refractivity contribution in [2.45, 2.75) is 116 Å². The zero-order valence-corrected chi connectivity index (χ0v) is 19.1. The first-order chi connectivity index (χ1) is 13.0. The van der Waals surface area contributed by atoms with E-state index >= 15 is 0 Å². The van der Waals surface area contributed by atoms with Gasteiger partial charge in [0, 0.05) is 0 Å². The van der Waals surface area contributed by atoms with E-state index in [1.54, 1.807) is 0 Å². The van der Waals surface area contributed by atoms with Gasteiger partial charge in [-0.05, 0) is 33.0 Å². The van der Waals surface area contributed by atoms with E-state index in [0.29, 0.717) is 6.42 Å². The molecular weight excluding hydrogens is 358 g/mol. The third kappa shape index (κ3) is 23.8. The van der Waals surface area contributed by atoms with Crippen LogP contribution in [-0.2, 0) is 10.1 Å². The average molecular weight is 406 g/mol. The maximum absolute atomic E-state index is 10.7. The first-order valence-corrected chi connectivity index (χ1v) is 13.2. The largest absolute Gasteiger partial charge is 0.306 e. The fourth-order valence-corrected chi connectivity index (χ4v) is 4.05. The standard InChI is InChI=1S/C22H47NO3S/c1-3-4-5-6-7-8-9-10-11-12-13-14-15-16-17-18-20-23(2)21-19-22-27(24,25)26/h3-22H2,1-2H3,(H,24,25,26). The second-order valence-electron chi connectivity index (χ2n) is 8.25. The van der Waals surface area contributed by atoms with E-state index in [9.17, 15) is 8.42 Å². The number of rotatable bonds is 21. The zero-order valence-electron chi connectivity index (χ0n) is 18.3. The van der Waals surface area contributed by atoms with Crippen molar-refractivity contribution in [3.63, 3.8) is 0 Å². The predicted molar refractivity (Wildman–Crippen MR) is 118 cm³/mol. The second-order valence-corrected chi connectivity index (χ2v) is 9.82. The van der Waals surface area contributed by atoms with E-state index in [4.69, 9.17) is 4.55 Å². The molecular formula is C22H47NO3S. The molecule has 0 saturated carbocycles. The van der Waals surface area contributed by atoms with Crippen molar-refractivity contribution in [2.75, 3.05) is 25.9 Å². The second kappa shape index (κ2) is 19.2. The Labute approximate surface area is 170 Å². The Hall–Kier alpha value is -0.130. The zero-order chi connectivity index (χ0) is 20.2. The Morgan fingerprint density at radius 2 is 0.926 bits per heavy atom. The molecule has 1 N–H and O–H groups in total. The van der Waals surface area contributed by atoms with Crippen molar-refractivity contribution in [1.82, 2.24) is 4.90 Å². The van der Waals surface area contributed by atoms with Gasteiger partial charge in [0.15, 0.2) is 0 Å². The molecule has 0 aromatic heterocycles. The summed E-state index contributed by atoms with van der Waals surface area (Å²) in [5, 5.41) is 0. The van der Waals surface area contributed by atoms with E-state index in [1.807, 2.05) is 7.05 Å². The Balaban J connectivity index is 3.16. The van der Waals surface area contributed by atoms with E-state index in [2.05, 4.69) is 11.8 Å². The number of hydrogen-bond acceptors (Lipinski definition) is 3. The molecule has 5 heteroatoms. The Kier molecular flexibility index (Phi) is 19.1. The summed E-state index contributed by atoms with van der Waals surface area (Å²) >= 11 is 0. The molecule has 4 nitrogen and oxygen atoms in total. The molecule has 0 radical (unpaired) electrons. The molecule has 0 heterocycles. The molecule has 0 rings (SSSR count). The molecule has 0 spiro atoms. The molecule has 0 atom stereocenters.